The molecule has 7 nitrogen and oxygen atoms in total. The number of hydrogen-bond donors (Lipinski definition) is 3. The first-order valence-electron chi connectivity index (χ1n) is 10.9. The van der Waals surface area contributed by atoms with E-state index in [1.54, 1.807) is 18.2 Å². The van der Waals surface area contributed by atoms with Crippen LogP contribution in [0.3, 0.4) is 0 Å². The molecule has 7 heteroatoms. The number of anilines is 2. The quantitative estimate of drug-likeness (QED) is 0.476. The Morgan fingerprint density at radius 1 is 1.13 bits per heavy atom. The fourth-order valence-corrected chi connectivity index (χ4v) is 3.27. The van der Waals surface area contributed by atoms with Crippen molar-refractivity contribution >= 4 is 23.2 Å². The maximum atomic E-state index is 12.4. The van der Waals surface area contributed by atoms with E-state index in [0.29, 0.717) is 30.1 Å². The highest BCUT2D eigenvalue weighted by Gasteiger charge is 2.16. The average Bonchev–Trinajstić information content (AvgIpc) is 3.30. The van der Waals surface area contributed by atoms with Gasteiger partial charge in [0, 0.05) is 36.2 Å². The molecule has 1 fully saturated rings. The molecule has 1 atom stereocenters. The third kappa shape index (κ3) is 7.61. The molecule has 3 rings (SSSR count). The third-order valence-corrected chi connectivity index (χ3v) is 4.98. The second kappa shape index (κ2) is 12.0. The molecule has 0 bridgehead atoms. The highest BCUT2D eigenvalue weighted by atomic mass is 16.5. The summed E-state index contributed by atoms with van der Waals surface area (Å²) in [5, 5.41) is 8.83. The first kappa shape index (κ1) is 22.6. The van der Waals surface area contributed by atoms with Crippen LogP contribution in [0.5, 0.6) is 5.75 Å². The van der Waals surface area contributed by atoms with Crippen LogP contribution in [0.15, 0.2) is 48.5 Å². The van der Waals surface area contributed by atoms with Crippen molar-refractivity contribution in [3.05, 3.63) is 54.1 Å². The molecular formula is C24H31N3O4. The predicted molar refractivity (Wildman–Crippen MR) is 122 cm³/mol. The number of nitrogens with one attached hydrogen (secondary N) is 3. The number of carbonyl (C=O) groups is 2. The summed E-state index contributed by atoms with van der Waals surface area (Å²) in [5.74, 6) is 0.406. The van der Waals surface area contributed by atoms with Crippen LogP contribution in [0.1, 0.15) is 43.0 Å². The summed E-state index contributed by atoms with van der Waals surface area (Å²) in [6.07, 6.45) is 4.18. The third-order valence-electron chi connectivity index (χ3n) is 4.98. The van der Waals surface area contributed by atoms with Crippen LogP contribution in [0.2, 0.25) is 0 Å². The molecule has 2 aromatic carbocycles. The maximum absolute atomic E-state index is 12.4. The van der Waals surface area contributed by atoms with Gasteiger partial charge in [0.15, 0.2) is 0 Å². The summed E-state index contributed by atoms with van der Waals surface area (Å²) in [6.45, 7) is 4.13. The maximum Gasteiger partial charge on any atom is 0.251 e. The summed E-state index contributed by atoms with van der Waals surface area (Å²) < 4.78 is 11.2. The van der Waals surface area contributed by atoms with Crippen LogP contribution in [0.25, 0.3) is 0 Å². The van der Waals surface area contributed by atoms with E-state index >= 15 is 0 Å². The molecule has 1 saturated heterocycles. The zero-order valence-corrected chi connectivity index (χ0v) is 18.0. The minimum atomic E-state index is -0.182. The van der Waals surface area contributed by atoms with Crippen molar-refractivity contribution in [2.75, 3.05) is 36.9 Å². The minimum absolute atomic E-state index is 0.0852. The molecule has 1 aliphatic rings. The molecular weight excluding hydrogens is 394 g/mol. The topological polar surface area (TPSA) is 88.7 Å². The van der Waals surface area contributed by atoms with Gasteiger partial charge in [-0.25, -0.2) is 0 Å². The lowest BCUT2D eigenvalue weighted by Crippen LogP contribution is -2.31. The van der Waals surface area contributed by atoms with E-state index in [4.69, 9.17) is 9.47 Å². The van der Waals surface area contributed by atoms with Gasteiger partial charge in [-0.3, -0.25) is 9.59 Å². The standard InChI is InChI=1S/C24H31N3O4/c1-2-3-12-30-21-10-5-9-20(15-21)27-23(28)17-25-19-8-4-7-18(14-19)24(29)26-16-22-11-6-13-31-22/h4-5,7-10,14-15,22,25H,2-3,6,11-13,16-17H2,1H3,(H,26,29)(H,27,28). The Hall–Kier alpha value is -3.06. The van der Waals surface area contributed by atoms with Crippen LogP contribution in [0, 0.1) is 0 Å². The first-order chi connectivity index (χ1) is 15.1. The molecule has 1 unspecified atom stereocenters. The number of amides is 2. The number of ether oxygens (including phenoxy) is 2. The molecule has 0 aromatic heterocycles. The zero-order valence-electron chi connectivity index (χ0n) is 18.0. The van der Waals surface area contributed by atoms with Crippen LogP contribution >= 0.6 is 0 Å². The summed E-state index contributed by atoms with van der Waals surface area (Å²) in [7, 11) is 0. The largest absolute Gasteiger partial charge is 0.494 e. The molecule has 0 radical (unpaired) electrons. The van der Waals surface area contributed by atoms with Crippen molar-refractivity contribution in [3.63, 3.8) is 0 Å². The summed E-state index contributed by atoms with van der Waals surface area (Å²) in [5.41, 5.74) is 1.93. The monoisotopic (exact) mass is 425 g/mol. The minimum Gasteiger partial charge on any atom is -0.494 e. The van der Waals surface area contributed by atoms with E-state index in [1.165, 1.54) is 0 Å². The van der Waals surface area contributed by atoms with E-state index in [2.05, 4.69) is 22.9 Å². The van der Waals surface area contributed by atoms with Crippen molar-refractivity contribution < 1.29 is 19.1 Å². The van der Waals surface area contributed by atoms with Gasteiger partial charge in [-0.05, 0) is 49.6 Å². The molecule has 0 saturated carbocycles. The number of unbranched alkanes of at least 4 members (excludes halogenated alkanes) is 1. The second-order valence-electron chi connectivity index (χ2n) is 7.56. The fraction of sp³-hybridized carbons (Fsp3) is 0.417. The summed E-state index contributed by atoms with van der Waals surface area (Å²) in [4.78, 5) is 24.7. The average molecular weight is 426 g/mol. The van der Waals surface area contributed by atoms with E-state index in [1.807, 2.05) is 30.3 Å². The Balaban J connectivity index is 1.46. The lowest BCUT2D eigenvalue weighted by atomic mass is 10.1. The van der Waals surface area contributed by atoms with Crippen LogP contribution in [-0.4, -0.2) is 44.2 Å². The van der Waals surface area contributed by atoms with Crippen LogP contribution in [0.4, 0.5) is 11.4 Å². The van der Waals surface area contributed by atoms with Crippen molar-refractivity contribution in [2.45, 2.75) is 38.7 Å². The van der Waals surface area contributed by atoms with Gasteiger partial charge in [0.05, 0.1) is 19.3 Å². The van der Waals surface area contributed by atoms with Crippen molar-refractivity contribution in [1.82, 2.24) is 5.32 Å². The number of hydrogen-bond acceptors (Lipinski definition) is 5. The first-order valence-corrected chi connectivity index (χ1v) is 10.9. The number of benzene rings is 2. The van der Waals surface area contributed by atoms with Crippen LogP contribution in [-0.2, 0) is 9.53 Å². The summed E-state index contributed by atoms with van der Waals surface area (Å²) >= 11 is 0. The zero-order chi connectivity index (χ0) is 21.9. The molecule has 1 aliphatic heterocycles. The number of rotatable bonds is 11. The SMILES string of the molecule is CCCCOc1cccc(NC(=O)CNc2cccc(C(=O)NCC3CCCO3)c2)c1. The van der Waals surface area contributed by atoms with Crippen molar-refractivity contribution in [1.29, 1.82) is 0 Å². The molecule has 31 heavy (non-hydrogen) atoms. The Kier molecular flexibility index (Phi) is 8.72. The Labute approximate surface area is 183 Å². The van der Waals surface area contributed by atoms with Crippen molar-refractivity contribution in [3.8, 4) is 5.75 Å². The van der Waals surface area contributed by atoms with Crippen molar-refractivity contribution in [2.24, 2.45) is 0 Å². The molecule has 1 heterocycles. The van der Waals surface area contributed by atoms with Gasteiger partial charge in [0.25, 0.3) is 5.91 Å². The normalized spacial score (nSPS) is 15.3. The molecule has 3 N–H and O–H groups in total. The van der Waals surface area contributed by atoms with E-state index in [0.717, 1.165) is 38.0 Å². The highest BCUT2D eigenvalue weighted by Crippen LogP contribution is 2.18. The van der Waals surface area contributed by atoms with E-state index in [-0.39, 0.29) is 24.5 Å². The molecule has 0 spiro atoms. The van der Waals surface area contributed by atoms with Gasteiger partial charge in [0.2, 0.25) is 5.91 Å². The Bertz CT molecular complexity index is 865. The summed E-state index contributed by atoms with van der Waals surface area (Å²) in [6, 6.07) is 14.5. The van der Waals surface area contributed by atoms with Gasteiger partial charge in [-0.15, -0.1) is 0 Å². The molecule has 2 aromatic rings. The van der Waals surface area contributed by atoms with Gasteiger partial charge in [0.1, 0.15) is 5.75 Å². The highest BCUT2D eigenvalue weighted by molar-refractivity contribution is 5.96. The van der Waals surface area contributed by atoms with Gasteiger partial charge in [-0.1, -0.05) is 25.5 Å². The molecule has 0 aliphatic carbocycles. The van der Waals surface area contributed by atoms with Gasteiger partial charge < -0.3 is 25.4 Å². The van der Waals surface area contributed by atoms with Gasteiger partial charge in [-0.2, -0.15) is 0 Å². The smallest absolute Gasteiger partial charge is 0.251 e. The van der Waals surface area contributed by atoms with Crippen LogP contribution < -0.4 is 20.7 Å². The second-order valence-corrected chi connectivity index (χ2v) is 7.56. The van der Waals surface area contributed by atoms with E-state index < -0.39 is 0 Å². The number of carbonyl (C=O) groups excluding carboxylic acids is 2. The van der Waals surface area contributed by atoms with E-state index in [9.17, 15) is 9.59 Å². The lowest BCUT2D eigenvalue weighted by molar-refractivity contribution is -0.114. The van der Waals surface area contributed by atoms with Gasteiger partial charge >= 0.3 is 0 Å². The lowest BCUT2D eigenvalue weighted by Gasteiger charge is -2.12. The predicted octanol–water partition coefficient (Wildman–Crippen LogP) is 3.82. The Morgan fingerprint density at radius 3 is 2.77 bits per heavy atom. The fourth-order valence-electron chi connectivity index (χ4n) is 3.27. The molecule has 2 amide bonds. The Morgan fingerprint density at radius 2 is 1.97 bits per heavy atom. The molecule has 166 valence electrons.